The van der Waals surface area contributed by atoms with E-state index in [0.717, 1.165) is 12.5 Å². The number of carbonyl (C=O) groups is 6. The van der Waals surface area contributed by atoms with Gasteiger partial charge in [0.05, 0.1) is 35.5 Å². The fourth-order valence-corrected chi connectivity index (χ4v) is 10.7. The van der Waals surface area contributed by atoms with Gasteiger partial charge in [-0.2, -0.15) is 0 Å². The molecule has 328 valence electrons. The monoisotopic (exact) mass is 850 g/mol. The maximum Gasteiger partial charge on any atom is 0.338 e. The van der Waals surface area contributed by atoms with Crippen LogP contribution in [0.4, 0.5) is 0 Å². The Kier molecular flexibility index (Phi) is 12.0. The van der Waals surface area contributed by atoms with E-state index in [2.05, 4.69) is 0 Å². The molecule has 2 saturated carbocycles. The van der Waals surface area contributed by atoms with Gasteiger partial charge in [0.15, 0.2) is 23.3 Å². The van der Waals surface area contributed by atoms with Gasteiger partial charge in [0.1, 0.15) is 23.9 Å². The molecule has 2 N–H and O–H groups in total. The molecule has 2 bridgehead atoms. The summed E-state index contributed by atoms with van der Waals surface area (Å²) in [6, 6.07) is 25.9. The number of Topliss-reactive ketones (excluding diaryl/α,β-unsaturated/α-hetero) is 2. The Balaban J connectivity index is 1.39. The maximum absolute atomic E-state index is 15.5. The van der Waals surface area contributed by atoms with E-state index in [1.807, 2.05) is 30.3 Å². The molecule has 0 spiro atoms. The Labute approximate surface area is 360 Å². The summed E-state index contributed by atoms with van der Waals surface area (Å²) < 4.78 is 30.8. The van der Waals surface area contributed by atoms with Crippen molar-refractivity contribution in [3.05, 3.63) is 119 Å². The third kappa shape index (κ3) is 7.37. The number of ketones is 2. The first kappa shape index (κ1) is 44.6. The van der Waals surface area contributed by atoms with Gasteiger partial charge in [0, 0.05) is 50.0 Å². The average molecular weight is 851 g/mol. The third-order valence-corrected chi connectivity index (χ3v) is 14.1. The predicted octanol–water partition coefficient (Wildman–Crippen LogP) is 5.90. The third-order valence-electron chi connectivity index (χ3n) is 14.1. The second-order valence-corrected chi connectivity index (χ2v) is 18.0. The molecular weight excluding hydrogens is 797 g/mol. The zero-order chi connectivity index (χ0) is 44.9. The summed E-state index contributed by atoms with van der Waals surface area (Å²) in [6.45, 7) is 10.00. The number of hydrogen-bond donors (Lipinski definition) is 2. The van der Waals surface area contributed by atoms with Gasteiger partial charge in [-0.25, -0.2) is 4.79 Å². The summed E-state index contributed by atoms with van der Waals surface area (Å²) in [7, 11) is 0. The van der Waals surface area contributed by atoms with Gasteiger partial charge in [-0.15, -0.1) is 0 Å². The number of carbonyl (C=O) groups excluding carboxylic acids is 6. The minimum absolute atomic E-state index is 0.0312. The molecule has 0 amide bonds. The van der Waals surface area contributed by atoms with Crippen LogP contribution in [0.25, 0.3) is 0 Å². The van der Waals surface area contributed by atoms with E-state index in [-0.39, 0.29) is 36.4 Å². The number of fused-ring (bicyclic) bond motifs is 5. The standard InChI is InChI=1S/C49H54O13/c1-27(34(31-17-11-8-12-18-31)23-35(52)32-19-13-9-14-20-32)44(55)60-36-25-49(57)43(61-45(56)33-21-15-10-16-22-33)41-47(7,37(53)24-38-48(41,26-58-38)62-30(4)51)42(54)40(59-29(3)50)39(28(36)2)46(49,5)6/h8-22,27,34,36-38,40-41,43,53,57H,23-26H2,1-7H3/t27?,34?,36?,37-,38+,40+,41-,43?,47+,48-,49+/m0/s1. The topological polar surface area (TPSA) is 189 Å². The zero-order valence-corrected chi connectivity index (χ0v) is 36.0. The Morgan fingerprint density at radius 2 is 1.40 bits per heavy atom. The van der Waals surface area contributed by atoms with E-state index in [1.54, 1.807) is 76.2 Å². The number of aliphatic hydroxyl groups excluding tert-OH is 1. The van der Waals surface area contributed by atoms with E-state index < -0.39 is 106 Å². The van der Waals surface area contributed by atoms with Gasteiger partial charge in [-0.3, -0.25) is 24.0 Å². The lowest BCUT2D eigenvalue weighted by Crippen LogP contribution is -2.82. The molecule has 4 aliphatic rings. The van der Waals surface area contributed by atoms with Crippen molar-refractivity contribution < 1.29 is 62.7 Å². The maximum atomic E-state index is 15.5. The molecular formula is C49H54O13. The van der Waals surface area contributed by atoms with Crippen molar-refractivity contribution in [3.8, 4) is 0 Å². The molecule has 7 rings (SSSR count). The largest absolute Gasteiger partial charge is 0.457 e. The molecule has 1 aliphatic heterocycles. The Hall–Kier alpha value is -5.50. The second-order valence-electron chi connectivity index (χ2n) is 18.0. The number of ether oxygens (including phenoxy) is 5. The van der Waals surface area contributed by atoms with Gasteiger partial charge in [0.2, 0.25) is 0 Å². The van der Waals surface area contributed by atoms with E-state index in [0.29, 0.717) is 11.1 Å². The highest BCUT2D eigenvalue weighted by Crippen LogP contribution is 2.64. The van der Waals surface area contributed by atoms with Crippen LogP contribution in [-0.2, 0) is 42.9 Å². The van der Waals surface area contributed by atoms with Crippen LogP contribution in [0.1, 0.15) is 99.9 Å². The molecule has 3 fully saturated rings. The lowest BCUT2D eigenvalue weighted by molar-refractivity contribution is -0.346. The Bertz CT molecular complexity index is 2270. The Morgan fingerprint density at radius 1 is 0.823 bits per heavy atom. The van der Waals surface area contributed by atoms with Crippen molar-refractivity contribution in [2.75, 3.05) is 6.61 Å². The van der Waals surface area contributed by atoms with Crippen LogP contribution in [0.2, 0.25) is 0 Å². The lowest BCUT2D eigenvalue weighted by atomic mass is 9.44. The number of esters is 4. The minimum Gasteiger partial charge on any atom is -0.457 e. The van der Waals surface area contributed by atoms with Gasteiger partial charge in [-0.1, -0.05) is 99.6 Å². The van der Waals surface area contributed by atoms with Crippen molar-refractivity contribution in [2.24, 2.45) is 22.7 Å². The van der Waals surface area contributed by atoms with E-state index in [4.69, 9.17) is 23.7 Å². The lowest BCUT2D eigenvalue weighted by Gasteiger charge is -2.67. The highest BCUT2D eigenvalue weighted by molar-refractivity contribution is 5.97. The molecule has 13 heteroatoms. The number of benzene rings is 3. The predicted molar refractivity (Wildman–Crippen MR) is 222 cm³/mol. The first-order valence-electron chi connectivity index (χ1n) is 21.0. The van der Waals surface area contributed by atoms with Crippen molar-refractivity contribution >= 4 is 35.4 Å². The van der Waals surface area contributed by atoms with Crippen LogP contribution in [0.3, 0.4) is 0 Å². The normalized spacial score (nSPS) is 31.9. The molecule has 3 aliphatic carbocycles. The van der Waals surface area contributed by atoms with Crippen molar-refractivity contribution in [1.29, 1.82) is 0 Å². The van der Waals surface area contributed by atoms with Crippen molar-refractivity contribution in [3.63, 3.8) is 0 Å². The minimum atomic E-state index is -2.29. The number of rotatable bonds is 11. The summed E-state index contributed by atoms with van der Waals surface area (Å²) in [4.78, 5) is 84.1. The first-order chi connectivity index (χ1) is 29.3. The molecule has 4 unspecified atom stereocenters. The summed E-state index contributed by atoms with van der Waals surface area (Å²) >= 11 is 0. The fraction of sp³-hybridized carbons (Fsp3) is 0.469. The highest BCUT2D eigenvalue weighted by atomic mass is 16.6. The van der Waals surface area contributed by atoms with Gasteiger partial charge < -0.3 is 33.9 Å². The second kappa shape index (κ2) is 16.7. The van der Waals surface area contributed by atoms with Crippen molar-refractivity contribution in [2.45, 2.75) is 115 Å². The summed E-state index contributed by atoms with van der Waals surface area (Å²) in [5, 5.41) is 25.8. The molecule has 1 saturated heterocycles. The average Bonchev–Trinajstić information content (AvgIpc) is 3.24. The summed E-state index contributed by atoms with van der Waals surface area (Å²) in [5.74, 6) is -7.24. The molecule has 13 nitrogen and oxygen atoms in total. The number of hydrogen-bond acceptors (Lipinski definition) is 13. The van der Waals surface area contributed by atoms with Crippen LogP contribution >= 0.6 is 0 Å². The quantitative estimate of drug-likeness (QED) is 0.101. The SMILES string of the molecule is CC(=O)O[C@H]1C(=O)[C@@]2(C)[C@H](C(OC(=O)c3ccccc3)[C@]3(O)CC(OC(=O)C(C)C(CC(=O)c4ccccc4)c4ccccc4)C(C)=C1C3(C)C)[C@]1(OC(C)=O)CO[C@@H]1C[C@@H]2O. The fourth-order valence-electron chi connectivity index (χ4n) is 10.7. The molecule has 1 heterocycles. The molecule has 0 radical (unpaired) electrons. The van der Waals surface area contributed by atoms with Crippen molar-refractivity contribution in [1.82, 2.24) is 0 Å². The number of aliphatic hydroxyl groups is 2. The smallest absolute Gasteiger partial charge is 0.338 e. The summed E-state index contributed by atoms with van der Waals surface area (Å²) in [6.07, 6.45) is -7.92. The van der Waals surface area contributed by atoms with E-state index in [1.165, 1.54) is 26.0 Å². The highest BCUT2D eigenvalue weighted by Gasteiger charge is 2.78. The van der Waals surface area contributed by atoms with Gasteiger partial charge >= 0.3 is 23.9 Å². The molecule has 62 heavy (non-hydrogen) atoms. The molecule has 3 aromatic rings. The first-order valence-corrected chi connectivity index (χ1v) is 21.0. The summed E-state index contributed by atoms with van der Waals surface area (Å²) in [5.41, 5.74) is -5.90. The van der Waals surface area contributed by atoms with Crippen LogP contribution in [-0.4, -0.2) is 94.0 Å². The molecule has 3 aromatic carbocycles. The van der Waals surface area contributed by atoms with Gasteiger partial charge in [0.25, 0.3) is 0 Å². The zero-order valence-electron chi connectivity index (χ0n) is 36.0. The van der Waals surface area contributed by atoms with Crippen LogP contribution in [0.15, 0.2) is 102 Å². The van der Waals surface area contributed by atoms with Crippen LogP contribution in [0, 0.1) is 22.7 Å². The van der Waals surface area contributed by atoms with Gasteiger partial charge in [-0.05, 0) is 42.7 Å². The van der Waals surface area contributed by atoms with Crippen LogP contribution < -0.4 is 0 Å². The molecule has 11 atom stereocenters. The van der Waals surface area contributed by atoms with E-state index in [9.17, 15) is 34.2 Å². The van der Waals surface area contributed by atoms with Crippen LogP contribution in [0.5, 0.6) is 0 Å². The Morgan fingerprint density at radius 3 is 1.95 bits per heavy atom. The molecule has 0 aromatic heterocycles. The van der Waals surface area contributed by atoms with E-state index >= 15 is 4.79 Å².